The van der Waals surface area contributed by atoms with Gasteiger partial charge in [-0.3, -0.25) is 4.79 Å². The van der Waals surface area contributed by atoms with Crippen molar-refractivity contribution in [1.82, 2.24) is 19.7 Å². The van der Waals surface area contributed by atoms with Gasteiger partial charge in [-0.25, -0.2) is 9.67 Å². The van der Waals surface area contributed by atoms with Crippen LogP contribution in [0.4, 0.5) is 0 Å². The van der Waals surface area contributed by atoms with Gasteiger partial charge in [0.2, 0.25) is 0 Å². The number of nitrogens with zero attached hydrogens (tertiary/aromatic N) is 4. The molecule has 1 saturated carbocycles. The Morgan fingerprint density at radius 2 is 1.93 bits per heavy atom. The van der Waals surface area contributed by atoms with Crippen LogP contribution in [0.1, 0.15) is 80.5 Å². The molecule has 5 heteroatoms. The first-order chi connectivity index (χ1) is 14.0. The molecule has 2 aromatic heterocycles. The van der Waals surface area contributed by atoms with Crippen LogP contribution < -0.4 is 0 Å². The van der Waals surface area contributed by atoms with Gasteiger partial charge >= 0.3 is 0 Å². The lowest BCUT2D eigenvalue weighted by molar-refractivity contribution is 0.0673. The lowest BCUT2D eigenvalue weighted by Crippen LogP contribution is -2.38. The van der Waals surface area contributed by atoms with E-state index < -0.39 is 0 Å². The van der Waals surface area contributed by atoms with Gasteiger partial charge in [0.1, 0.15) is 0 Å². The highest BCUT2D eigenvalue weighted by atomic mass is 16.2. The maximum Gasteiger partial charge on any atom is 0.255 e. The Morgan fingerprint density at radius 1 is 1.21 bits per heavy atom. The van der Waals surface area contributed by atoms with Crippen molar-refractivity contribution in [2.45, 2.75) is 71.5 Å². The van der Waals surface area contributed by atoms with Crippen LogP contribution in [-0.2, 0) is 6.54 Å². The third-order valence-corrected chi connectivity index (χ3v) is 5.88. The summed E-state index contributed by atoms with van der Waals surface area (Å²) in [7, 11) is 0. The van der Waals surface area contributed by atoms with Gasteiger partial charge in [0, 0.05) is 30.2 Å². The number of fused-ring (bicyclic) bond motifs is 1. The number of amides is 1. The molecule has 0 aliphatic heterocycles. The first-order valence-electron chi connectivity index (χ1n) is 10.7. The third-order valence-electron chi connectivity index (χ3n) is 5.88. The van der Waals surface area contributed by atoms with Crippen molar-refractivity contribution in [2.24, 2.45) is 0 Å². The van der Waals surface area contributed by atoms with Gasteiger partial charge in [0.25, 0.3) is 5.91 Å². The second kappa shape index (κ2) is 7.97. The van der Waals surface area contributed by atoms with Crippen LogP contribution in [0.3, 0.4) is 0 Å². The zero-order valence-corrected chi connectivity index (χ0v) is 17.8. The summed E-state index contributed by atoms with van der Waals surface area (Å²) in [5.74, 6) is 0.549. The molecule has 1 unspecified atom stereocenters. The first-order valence-corrected chi connectivity index (χ1v) is 10.7. The van der Waals surface area contributed by atoms with E-state index in [1.165, 1.54) is 0 Å². The maximum atomic E-state index is 13.8. The number of rotatable bonds is 7. The summed E-state index contributed by atoms with van der Waals surface area (Å²) in [6.45, 7) is 9.05. The van der Waals surface area contributed by atoms with Crippen LogP contribution in [0.15, 0.2) is 42.6 Å². The summed E-state index contributed by atoms with van der Waals surface area (Å²) in [4.78, 5) is 20.7. The van der Waals surface area contributed by atoms with Crippen LogP contribution in [0, 0.1) is 0 Å². The van der Waals surface area contributed by atoms with Gasteiger partial charge < -0.3 is 4.90 Å². The molecular formula is C24H30N4O. The minimum Gasteiger partial charge on any atom is -0.332 e. The van der Waals surface area contributed by atoms with E-state index in [1.54, 1.807) is 0 Å². The van der Waals surface area contributed by atoms with Gasteiger partial charge in [-0.1, -0.05) is 37.3 Å². The lowest BCUT2D eigenvalue weighted by atomic mass is 10.1. The largest absolute Gasteiger partial charge is 0.332 e. The number of aromatic nitrogens is 3. The third kappa shape index (κ3) is 3.91. The highest BCUT2D eigenvalue weighted by Crippen LogP contribution is 2.40. The fourth-order valence-electron chi connectivity index (χ4n) is 3.76. The van der Waals surface area contributed by atoms with Crippen LogP contribution in [0.5, 0.6) is 0 Å². The second-order valence-electron chi connectivity index (χ2n) is 8.47. The molecular weight excluding hydrogens is 360 g/mol. The molecule has 0 N–H and O–H groups in total. The summed E-state index contributed by atoms with van der Waals surface area (Å²) < 4.78 is 1.93. The van der Waals surface area contributed by atoms with Crippen molar-refractivity contribution in [3.05, 3.63) is 59.4 Å². The van der Waals surface area contributed by atoms with Crippen molar-refractivity contribution in [3.8, 4) is 0 Å². The molecule has 1 amide bonds. The molecule has 1 aliphatic carbocycles. The Labute approximate surface area is 172 Å². The van der Waals surface area contributed by atoms with E-state index in [-0.39, 0.29) is 18.0 Å². The molecule has 1 fully saturated rings. The minimum absolute atomic E-state index is 0.0702. The predicted molar refractivity (Wildman–Crippen MR) is 116 cm³/mol. The molecule has 4 rings (SSSR count). The van der Waals surface area contributed by atoms with Gasteiger partial charge in [-0.05, 0) is 51.7 Å². The highest BCUT2D eigenvalue weighted by Gasteiger charge is 2.30. The van der Waals surface area contributed by atoms with Crippen LogP contribution in [-0.4, -0.2) is 31.6 Å². The Bertz CT molecular complexity index is 1000. The van der Waals surface area contributed by atoms with E-state index in [2.05, 4.69) is 44.9 Å². The summed E-state index contributed by atoms with van der Waals surface area (Å²) >= 11 is 0. The summed E-state index contributed by atoms with van der Waals surface area (Å²) in [6.07, 6.45) is 5.03. The molecule has 2 heterocycles. The molecule has 1 aromatic carbocycles. The molecule has 5 nitrogen and oxygen atoms in total. The van der Waals surface area contributed by atoms with Gasteiger partial charge in [0.05, 0.1) is 17.1 Å². The van der Waals surface area contributed by atoms with Crippen LogP contribution in [0.2, 0.25) is 0 Å². The number of benzene rings is 1. The van der Waals surface area contributed by atoms with Gasteiger partial charge in [0.15, 0.2) is 5.65 Å². The standard InChI is InChI=1S/C24H30N4O/c1-5-17(4)27(15-18-9-7-6-8-10-18)24(29)20-13-22(19-11-12-19)26-23-21(20)14-25-28(23)16(2)3/h6-10,13-14,16-17,19H,5,11-12,15H2,1-4H3. The molecule has 3 aromatic rings. The number of hydrogen-bond acceptors (Lipinski definition) is 3. The molecule has 1 atom stereocenters. The topological polar surface area (TPSA) is 51.0 Å². The summed E-state index contributed by atoms with van der Waals surface area (Å²) in [5.41, 5.74) is 3.75. The zero-order valence-electron chi connectivity index (χ0n) is 17.8. The van der Waals surface area contributed by atoms with Crippen molar-refractivity contribution < 1.29 is 4.79 Å². The molecule has 29 heavy (non-hydrogen) atoms. The van der Waals surface area contributed by atoms with E-state index in [0.717, 1.165) is 47.1 Å². The fourth-order valence-corrected chi connectivity index (χ4v) is 3.76. The van der Waals surface area contributed by atoms with Gasteiger partial charge in [-0.2, -0.15) is 5.10 Å². The van der Waals surface area contributed by atoms with Crippen LogP contribution >= 0.6 is 0 Å². The summed E-state index contributed by atoms with van der Waals surface area (Å²) in [5, 5.41) is 5.41. The Balaban J connectivity index is 1.79. The van der Waals surface area contributed by atoms with Crippen molar-refractivity contribution >= 4 is 16.9 Å². The van der Waals surface area contributed by atoms with E-state index in [0.29, 0.717) is 12.5 Å². The van der Waals surface area contributed by atoms with Crippen molar-refractivity contribution in [3.63, 3.8) is 0 Å². The normalized spacial score (nSPS) is 15.1. The highest BCUT2D eigenvalue weighted by molar-refractivity contribution is 6.05. The number of carbonyl (C=O) groups is 1. The SMILES string of the molecule is CCC(C)N(Cc1ccccc1)C(=O)c1cc(C2CC2)nc2c1cnn2C(C)C. The Morgan fingerprint density at radius 3 is 2.55 bits per heavy atom. The number of hydrogen-bond donors (Lipinski definition) is 0. The first kappa shape index (κ1) is 19.6. The van der Waals surface area contributed by atoms with E-state index in [4.69, 9.17) is 4.98 Å². The lowest BCUT2D eigenvalue weighted by Gasteiger charge is -2.29. The molecule has 0 saturated heterocycles. The smallest absolute Gasteiger partial charge is 0.255 e. The quantitative estimate of drug-likeness (QED) is 0.548. The van der Waals surface area contributed by atoms with Crippen LogP contribution in [0.25, 0.3) is 11.0 Å². The molecule has 1 aliphatic rings. The Kier molecular flexibility index (Phi) is 5.39. The average molecular weight is 391 g/mol. The average Bonchev–Trinajstić information content (AvgIpc) is 3.49. The van der Waals surface area contributed by atoms with Crippen molar-refractivity contribution in [2.75, 3.05) is 0 Å². The van der Waals surface area contributed by atoms with Gasteiger partial charge in [-0.15, -0.1) is 0 Å². The molecule has 0 spiro atoms. The fraction of sp³-hybridized carbons (Fsp3) is 0.458. The molecule has 152 valence electrons. The van der Waals surface area contributed by atoms with Crippen molar-refractivity contribution in [1.29, 1.82) is 0 Å². The molecule has 0 bridgehead atoms. The van der Waals surface area contributed by atoms with E-state index >= 15 is 0 Å². The van der Waals surface area contributed by atoms with E-state index in [9.17, 15) is 4.79 Å². The number of carbonyl (C=O) groups excluding carboxylic acids is 1. The van der Waals surface area contributed by atoms with E-state index in [1.807, 2.05) is 40.0 Å². The second-order valence-corrected chi connectivity index (χ2v) is 8.47. The number of pyridine rings is 1. The molecule has 0 radical (unpaired) electrons. The predicted octanol–water partition coefficient (Wildman–Crippen LogP) is 5.33. The summed E-state index contributed by atoms with van der Waals surface area (Å²) in [6, 6.07) is 12.6. The Hall–Kier alpha value is -2.69. The minimum atomic E-state index is 0.0702. The monoisotopic (exact) mass is 390 g/mol. The maximum absolute atomic E-state index is 13.8. The zero-order chi connectivity index (χ0) is 20.5.